The number of sulfonamides is 1. The van der Waals surface area contributed by atoms with Crippen LogP contribution in [0.5, 0.6) is 5.75 Å². The van der Waals surface area contributed by atoms with Crippen LogP contribution in [0.2, 0.25) is 0 Å². The number of carbonyl (C=O) groups is 1. The molecule has 0 radical (unpaired) electrons. The Bertz CT molecular complexity index is 860. The smallest absolute Gasteiger partial charge is 0.256 e. The Hall–Kier alpha value is -2.38. The fourth-order valence-corrected chi connectivity index (χ4v) is 2.82. The van der Waals surface area contributed by atoms with Gasteiger partial charge in [0.05, 0.1) is 10.6 Å². The van der Waals surface area contributed by atoms with Gasteiger partial charge in [-0.2, -0.15) is 0 Å². The molecule has 7 heteroatoms. The third kappa shape index (κ3) is 3.69. The summed E-state index contributed by atoms with van der Waals surface area (Å²) in [5.41, 5.74) is 1.98. The lowest BCUT2D eigenvalue weighted by molar-refractivity contribution is 0.102. The normalized spacial score (nSPS) is 11.3. The van der Waals surface area contributed by atoms with Gasteiger partial charge in [-0.05, 0) is 56.3 Å². The molecule has 0 unspecified atom stereocenters. The maximum Gasteiger partial charge on any atom is 0.256 e. The molecule has 0 spiro atoms. The van der Waals surface area contributed by atoms with E-state index in [1.165, 1.54) is 25.2 Å². The predicted molar refractivity (Wildman–Crippen MR) is 88.2 cm³/mol. The first-order valence-corrected chi connectivity index (χ1v) is 8.38. The lowest BCUT2D eigenvalue weighted by Gasteiger charge is -2.11. The van der Waals surface area contributed by atoms with E-state index in [1.807, 2.05) is 6.92 Å². The van der Waals surface area contributed by atoms with E-state index < -0.39 is 15.9 Å². The topological polar surface area (TPSA) is 95.5 Å². The highest BCUT2D eigenvalue weighted by Gasteiger charge is 2.17. The van der Waals surface area contributed by atoms with E-state index in [4.69, 9.17) is 0 Å². The van der Waals surface area contributed by atoms with E-state index in [1.54, 1.807) is 25.1 Å². The summed E-state index contributed by atoms with van der Waals surface area (Å²) in [6.07, 6.45) is 0. The molecule has 122 valence electrons. The van der Waals surface area contributed by atoms with Gasteiger partial charge in [0.2, 0.25) is 10.0 Å². The Balaban J connectivity index is 2.37. The van der Waals surface area contributed by atoms with Crippen LogP contribution in [0, 0.1) is 13.8 Å². The number of amides is 1. The Morgan fingerprint density at radius 2 is 1.78 bits per heavy atom. The van der Waals surface area contributed by atoms with Crippen LogP contribution in [-0.4, -0.2) is 26.5 Å². The largest absolute Gasteiger partial charge is 0.506 e. The van der Waals surface area contributed by atoms with Crippen LogP contribution < -0.4 is 10.0 Å². The van der Waals surface area contributed by atoms with Crippen LogP contribution in [0.3, 0.4) is 0 Å². The summed E-state index contributed by atoms with van der Waals surface area (Å²) >= 11 is 0. The zero-order chi connectivity index (χ0) is 17.2. The van der Waals surface area contributed by atoms with Crippen molar-refractivity contribution in [1.82, 2.24) is 4.72 Å². The highest BCUT2D eigenvalue weighted by molar-refractivity contribution is 7.89. The quantitative estimate of drug-likeness (QED) is 0.747. The van der Waals surface area contributed by atoms with Crippen molar-refractivity contribution in [3.05, 3.63) is 53.1 Å². The van der Waals surface area contributed by atoms with Crippen molar-refractivity contribution in [1.29, 1.82) is 0 Å². The molecule has 0 atom stereocenters. The Morgan fingerprint density at radius 3 is 2.39 bits per heavy atom. The van der Waals surface area contributed by atoms with E-state index in [0.717, 1.165) is 5.56 Å². The van der Waals surface area contributed by atoms with E-state index in [2.05, 4.69) is 10.0 Å². The summed E-state index contributed by atoms with van der Waals surface area (Å²) in [7, 11) is -2.33. The highest BCUT2D eigenvalue weighted by Crippen LogP contribution is 2.25. The van der Waals surface area contributed by atoms with Gasteiger partial charge in [0, 0.05) is 5.56 Å². The molecule has 2 aromatic rings. The minimum atomic E-state index is -3.64. The molecule has 0 saturated carbocycles. The lowest BCUT2D eigenvalue weighted by Crippen LogP contribution is -2.20. The van der Waals surface area contributed by atoms with Crippen LogP contribution in [0.25, 0.3) is 0 Å². The minimum Gasteiger partial charge on any atom is -0.506 e. The summed E-state index contributed by atoms with van der Waals surface area (Å²) < 4.78 is 25.9. The number of anilines is 1. The molecule has 0 heterocycles. The molecule has 0 aliphatic carbocycles. The van der Waals surface area contributed by atoms with Gasteiger partial charge in [0.25, 0.3) is 5.91 Å². The zero-order valence-corrected chi connectivity index (χ0v) is 13.9. The highest BCUT2D eigenvalue weighted by atomic mass is 32.2. The van der Waals surface area contributed by atoms with Crippen molar-refractivity contribution in [2.75, 3.05) is 12.4 Å². The molecule has 6 nitrogen and oxygen atoms in total. The average Bonchev–Trinajstić information content (AvgIpc) is 2.50. The number of carbonyl (C=O) groups excluding carboxylic acids is 1. The lowest BCUT2D eigenvalue weighted by atomic mass is 10.1. The summed E-state index contributed by atoms with van der Waals surface area (Å²) in [6, 6.07) is 9.18. The third-order valence-corrected chi connectivity index (χ3v) is 4.85. The van der Waals surface area contributed by atoms with Crippen LogP contribution in [-0.2, 0) is 10.0 Å². The number of phenols is 1. The molecule has 2 aromatic carbocycles. The van der Waals surface area contributed by atoms with Gasteiger partial charge in [0.1, 0.15) is 5.75 Å². The fourth-order valence-electron chi connectivity index (χ4n) is 2.07. The van der Waals surface area contributed by atoms with E-state index in [0.29, 0.717) is 5.56 Å². The number of aromatic hydroxyl groups is 1. The molecule has 0 fully saturated rings. The first-order chi connectivity index (χ1) is 10.7. The molecule has 3 N–H and O–H groups in total. The van der Waals surface area contributed by atoms with E-state index >= 15 is 0 Å². The number of hydrogen-bond donors (Lipinski definition) is 3. The summed E-state index contributed by atoms with van der Waals surface area (Å²) in [5, 5.41) is 12.4. The van der Waals surface area contributed by atoms with Crippen LogP contribution in [0.15, 0.2) is 41.3 Å². The fraction of sp³-hybridized carbons (Fsp3) is 0.188. The average molecular weight is 334 g/mol. The van der Waals surface area contributed by atoms with Crippen molar-refractivity contribution in [3.63, 3.8) is 0 Å². The molecule has 0 aliphatic heterocycles. The second-order valence-electron chi connectivity index (χ2n) is 5.16. The maximum absolute atomic E-state index is 12.4. The third-order valence-electron chi connectivity index (χ3n) is 3.43. The second-order valence-corrected chi connectivity index (χ2v) is 7.05. The molecular weight excluding hydrogens is 316 g/mol. The Kier molecular flexibility index (Phi) is 4.72. The standard InChI is InChI=1S/C16H18N2O4S/c1-10-4-7-14(15(19)8-10)18-16(20)13-9-12(6-5-11(13)2)23(21,22)17-3/h4-9,17,19H,1-3H3,(H,18,20). The van der Waals surface area contributed by atoms with Gasteiger partial charge in [0.15, 0.2) is 0 Å². The van der Waals surface area contributed by atoms with Crippen LogP contribution >= 0.6 is 0 Å². The first-order valence-electron chi connectivity index (χ1n) is 6.90. The Labute approximate surface area is 135 Å². The molecule has 0 aromatic heterocycles. The molecule has 2 rings (SSSR count). The number of nitrogens with one attached hydrogen (secondary N) is 2. The van der Waals surface area contributed by atoms with Crippen molar-refractivity contribution >= 4 is 21.6 Å². The van der Waals surface area contributed by atoms with Gasteiger partial charge in [-0.25, -0.2) is 13.1 Å². The number of benzene rings is 2. The second kappa shape index (κ2) is 6.39. The number of hydrogen-bond acceptors (Lipinski definition) is 4. The van der Waals surface area contributed by atoms with Crippen molar-refractivity contribution in [3.8, 4) is 5.75 Å². The molecule has 0 saturated heterocycles. The molecule has 0 aliphatic rings. The van der Waals surface area contributed by atoms with Crippen molar-refractivity contribution < 1.29 is 18.3 Å². The predicted octanol–water partition coefficient (Wildman–Crippen LogP) is 2.17. The first kappa shape index (κ1) is 17.0. The number of aryl methyl sites for hydroxylation is 2. The summed E-state index contributed by atoms with van der Waals surface area (Å²) in [4.78, 5) is 12.4. The van der Waals surface area contributed by atoms with Crippen LogP contribution in [0.4, 0.5) is 5.69 Å². The van der Waals surface area contributed by atoms with Gasteiger partial charge >= 0.3 is 0 Å². The van der Waals surface area contributed by atoms with Gasteiger partial charge < -0.3 is 10.4 Å². The monoisotopic (exact) mass is 334 g/mol. The van der Waals surface area contributed by atoms with Gasteiger partial charge in [-0.15, -0.1) is 0 Å². The minimum absolute atomic E-state index is 0.00359. The van der Waals surface area contributed by atoms with Crippen LogP contribution in [0.1, 0.15) is 21.5 Å². The van der Waals surface area contributed by atoms with Crippen molar-refractivity contribution in [2.24, 2.45) is 0 Å². The Morgan fingerprint density at radius 1 is 1.09 bits per heavy atom. The molecule has 1 amide bonds. The zero-order valence-electron chi connectivity index (χ0n) is 13.0. The van der Waals surface area contributed by atoms with E-state index in [-0.39, 0.29) is 21.9 Å². The molecule has 23 heavy (non-hydrogen) atoms. The molecule has 0 bridgehead atoms. The number of rotatable bonds is 4. The summed E-state index contributed by atoms with van der Waals surface area (Å²) in [5.74, 6) is -0.537. The number of phenolic OH excluding ortho intramolecular Hbond substituents is 1. The van der Waals surface area contributed by atoms with Crippen molar-refractivity contribution in [2.45, 2.75) is 18.7 Å². The maximum atomic E-state index is 12.4. The van der Waals surface area contributed by atoms with Gasteiger partial charge in [-0.3, -0.25) is 4.79 Å². The van der Waals surface area contributed by atoms with E-state index in [9.17, 15) is 18.3 Å². The van der Waals surface area contributed by atoms with Gasteiger partial charge in [-0.1, -0.05) is 12.1 Å². The molecular formula is C16H18N2O4S. The SMILES string of the molecule is CNS(=O)(=O)c1ccc(C)c(C(=O)Nc2ccc(C)cc2O)c1. The summed E-state index contributed by atoms with van der Waals surface area (Å²) in [6.45, 7) is 3.53.